The molecule has 1 rings (SSSR count). The second-order valence-corrected chi connectivity index (χ2v) is 3.49. The van der Waals surface area contributed by atoms with Crippen LogP contribution in [0.2, 0.25) is 0 Å². The Hall–Kier alpha value is -0.240. The quantitative estimate of drug-likeness (QED) is 0.345. The van der Waals surface area contributed by atoms with Crippen LogP contribution in [0.3, 0.4) is 0 Å². The van der Waals surface area contributed by atoms with Gasteiger partial charge in [-0.05, 0) is 6.42 Å². The first kappa shape index (κ1) is 11.8. The summed E-state index contributed by atoms with van der Waals surface area (Å²) in [6.07, 6.45) is -5.60. The number of ether oxygens (including phenoxy) is 1. The summed E-state index contributed by atoms with van der Waals surface area (Å²) in [6, 6.07) is 0. The molecule has 1 aliphatic heterocycles. The van der Waals surface area contributed by atoms with Crippen LogP contribution >= 0.6 is 0 Å². The molecule has 5 atom stereocenters. The molecule has 0 aromatic heterocycles. The standard InChI is InChI=1S/C8H16O6/c1-2-8(13)6(11)5(10)4(3-9)14-7(8)12/h4-7,9-13H,2-3H2,1H3/t4-,5-,6+,7?,8-/m1/s1. The highest BCUT2D eigenvalue weighted by Crippen LogP contribution is 2.30. The highest BCUT2D eigenvalue weighted by molar-refractivity contribution is 4.98. The van der Waals surface area contributed by atoms with Crippen molar-refractivity contribution in [3.8, 4) is 0 Å². The molecule has 1 heterocycles. The van der Waals surface area contributed by atoms with Crippen molar-refractivity contribution >= 4 is 0 Å². The van der Waals surface area contributed by atoms with Crippen molar-refractivity contribution < 1.29 is 30.3 Å². The minimum absolute atomic E-state index is 0.0323. The van der Waals surface area contributed by atoms with E-state index in [-0.39, 0.29) is 6.42 Å². The van der Waals surface area contributed by atoms with E-state index in [0.717, 1.165) is 0 Å². The SMILES string of the molecule is CC[C@]1(O)C(O)O[C@H](CO)[C@@H](O)[C@@H]1O. The number of hydrogen-bond acceptors (Lipinski definition) is 6. The minimum atomic E-state index is -1.88. The van der Waals surface area contributed by atoms with Gasteiger partial charge in [-0.3, -0.25) is 0 Å². The molecule has 0 aromatic carbocycles. The Kier molecular flexibility index (Phi) is 3.46. The lowest BCUT2D eigenvalue weighted by molar-refractivity contribution is -0.329. The van der Waals surface area contributed by atoms with Crippen LogP contribution in [0.5, 0.6) is 0 Å². The van der Waals surface area contributed by atoms with E-state index in [1.54, 1.807) is 6.92 Å². The molecule has 0 aromatic rings. The molecule has 6 heteroatoms. The van der Waals surface area contributed by atoms with Crippen molar-refractivity contribution in [2.24, 2.45) is 0 Å². The van der Waals surface area contributed by atoms with Crippen LogP contribution in [0.25, 0.3) is 0 Å². The van der Waals surface area contributed by atoms with Gasteiger partial charge in [-0.1, -0.05) is 6.92 Å². The van der Waals surface area contributed by atoms with E-state index >= 15 is 0 Å². The van der Waals surface area contributed by atoms with Crippen LogP contribution in [-0.2, 0) is 4.74 Å². The van der Waals surface area contributed by atoms with Crippen LogP contribution in [-0.4, -0.2) is 62.3 Å². The third kappa shape index (κ3) is 1.65. The van der Waals surface area contributed by atoms with Crippen molar-refractivity contribution in [2.75, 3.05) is 6.61 Å². The summed E-state index contributed by atoms with van der Waals surface area (Å²) in [5.41, 5.74) is -1.88. The van der Waals surface area contributed by atoms with Crippen molar-refractivity contribution in [2.45, 2.75) is 43.5 Å². The van der Waals surface area contributed by atoms with Gasteiger partial charge in [0.05, 0.1) is 6.61 Å². The summed E-state index contributed by atoms with van der Waals surface area (Å²) in [7, 11) is 0. The van der Waals surface area contributed by atoms with Gasteiger partial charge >= 0.3 is 0 Å². The molecule has 5 N–H and O–H groups in total. The van der Waals surface area contributed by atoms with Crippen LogP contribution in [0.1, 0.15) is 13.3 Å². The Bertz CT molecular complexity index is 198. The van der Waals surface area contributed by atoms with Crippen LogP contribution in [0.4, 0.5) is 0 Å². The van der Waals surface area contributed by atoms with Gasteiger partial charge in [-0.15, -0.1) is 0 Å². The van der Waals surface area contributed by atoms with Crippen molar-refractivity contribution in [3.63, 3.8) is 0 Å². The lowest BCUT2D eigenvalue weighted by Gasteiger charge is -2.45. The molecular weight excluding hydrogens is 192 g/mol. The normalized spacial score (nSPS) is 49.3. The van der Waals surface area contributed by atoms with Gasteiger partial charge in [-0.2, -0.15) is 0 Å². The summed E-state index contributed by atoms with van der Waals surface area (Å²) >= 11 is 0. The average Bonchev–Trinajstić information content (AvgIpc) is 2.20. The molecule has 0 radical (unpaired) electrons. The maximum atomic E-state index is 9.73. The van der Waals surface area contributed by atoms with E-state index in [1.807, 2.05) is 0 Å². The minimum Gasteiger partial charge on any atom is -0.394 e. The van der Waals surface area contributed by atoms with Crippen LogP contribution < -0.4 is 0 Å². The lowest BCUT2D eigenvalue weighted by Crippen LogP contribution is -2.66. The topological polar surface area (TPSA) is 110 Å². The Morgan fingerprint density at radius 3 is 2.29 bits per heavy atom. The smallest absolute Gasteiger partial charge is 0.186 e. The number of aliphatic hydroxyl groups is 5. The van der Waals surface area contributed by atoms with Gasteiger partial charge in [0.2, 0.25) is 0 Å². The first-order chi connectivity index (χ1) is 6.47. The molecule has 1 aliphatic rings. The Morgan fingerprint density at radius 1 is 1.29 bits per heavy atom. The predicted molar refractivity (Wildman–Crippen MR) is 45.2 cm³/mol. The first-order valence-electron chi connectivity index (χ1n) is 4.50. The zero-order valence-electron chi connectivity index (χ0n) is 7.87. The Balaban J connectivity index is 2.84. The third-order valence-electron chi connectivity index (χ3n) is 2.69. The molecule has 6 nitrogen and oxygen atoms in total. The van der Waals surface area contributed by atoms with E-state index in [4.69, 9.17) is 9.84 Å². The van der Waals surface area contributed by atoms with Gasteiger partial charge in [0.15, 0.2) is 6.29 Å². The summed E-state index contributed by atoms with van der Waals surface area (Å²) in [6.45, 7) is 1.01. The number of aliphatic hydroxyl groups excluding tert-OH is 4. The summed E-state index contributed by atoms with van der Waals surface area (Å²) < 4.78 is 4.77. The zero-order chi connectivity index (χ0) is 10.9. The molecule has 1 unspecified atom stereocenters. The van der Waals surface area contributed by atoms with Gasteiger partial charge in [0.1, 0.15) is 23.9 Å². The summed E-state index contributed by atoms with van der Waals surface area (Å²) in [4.78, 5) is 0. The number of hydrogen-bond donors (Lipinski definition) is 5. The van der Waals surface area contributed by atoms with Gasteiger partial charge < -0.3 is 30.3 Å². The third-order valence-corrected chi connectivity index (χ3v) is 2.69. The highest BCUT2D eigenvalue weighted by atomic mass is 16.6. The maximum Gasteiger partial charge on any atom is 0.186 e. The molecule has 0 saturated carbocycles. The van der Waals surface area contributed by atoms with E-state index < -0.39 is 36.8 Å². The molecule has 0 amide bonds. The average molecular weight is 208 g/mol. The van der Waals surface area contributed by atoms with E-state index in [0.29, 0.717) is 0 Å². The molecule has 1 fully saturated rings. The number of rotatable bonds is 2. The maximum absolute atomic E-state index is 9.73. The molecule has 84 valence electrons. The Labute approximate surface area is 81.4 Å². The van der Waals surface area contributed by atoms with E-state index in [9.17, 15) is 20.4 Å². The fourth-order valence-electron chi connectivity index (χ4n) is 1.54. The van der Waals surface area contributed by atoms with Crippen molar-refractivity contribution in [1.82, 2.24) is 0 Å². The second-order valence-electron chi connectivity index (χ2n) is 3.49. The summed E-state index contributed by atoms with van der Waals surface area (Å²) in [5.74, 6) is 0. The molecule has 1 saturated heterocycles. The fraction of sp³-hybridized carbons (Fsp3) is 1.00. The monoisotopic (exact) mass is 208 g/mol. The zero-order valence-corrected chi connectivity index (χ0v) is 7.87. The van der Waals surface area contributed by atoms with E-state index in [2.05, 4.69) is 0 Å². The predicted octanol–water partition coefficient (Wildman–Crippen LogP) is -2.44. The summed E-state index contributed by atoms with van der Waals surface area (Å²) in [5, 5.41) is 46.8. The first-order valence-corrected chi connectivity index (χ1v) is 4.50. The highest BCUT2D eigenvalue weighted by Gasteiger charge is 2.52. The van der Waals surface area contributed by atoms with Gasteiger partial charge in [-0.25, -0.2) is 0 Å². The lowest BCUT2D eigenvalue weighted by atomic mass is 9.84. The van der Waals surface area contributed by atoms with Crippen molar-refractivity contribution in [3.05, 3.63) is 0 Å². The molecule has 0 aliphatic carbocycles. The van der Waals surface area contributed by atoms with Crippen molar-refractivity contribution in [1.29, 1.82) is 0 Å². The largest absolute Gasteiger partial charge is 0.394 e. The van der Waals surface area contributed by atoms with Crippen LogP contribution in [0, 0.1) is 0 Å². The van der Waals surface area contributed by atoms with Gasteiger partial charge in [0.25, 0.3) is 0 Å². The van der Waals surface area contributed by atoms with Gasteiger partial charge in [0, 0.05) is 0 Å². The second kappa shape index (κ2) is 4.09. The fourth-order valence-corrected chi connectivity index (χ4v) is 1.54. The molecular formula is C8H16O6. The van der Waals surface area contributed by atoms with E-state index in [1.165, 1.54) is 0 Å². The molecule has 14 heavy (non-hydrogen) atoms. The molecule has 0 bridgehead atoms. The Morgan fingerprint density at radius 2 is 1.86 bits per heavy atom. The molecule has 0 spiro atoms. The van der Waals surface area contributed by atoms with Crippen LogP contribution in [0.15, 0.2) is 0 Å².